The van der Waals surface area contributed by atoms with Crippen LogP contribution in [-0.4, -0.2) is 26.9 Å². The van der Waals surface area contributed by atoms with Gasteiger partial charge in [-0.15, -0.1) is 6.58 Å². The summed E-state index contributed by atoms with van der Waals surface area (Å²) in [7, 11) is 0. The van der Waals surface area contributed by atoms with Gasteiger partial charge in [0.15, 0.2) is 0 Å². The largest absolute Gasteiger partial charge is 0.416 e. The van der Waals surface area contributed by atoms with E-state index in [2.05, 4.69) is 11.6 Å². The Bertz CT molecular complexity index is 1040. The van der Waals surface area contributed by atoms with E-state index in [1.54, 1.807) is 16.8 Å². The summed E-state index contributed by atoms with van der Waals surface area (Å²) in [6, 6.07) is 10.6. The second-order valence-electron chi connectivity index (χ2n) is 6.61. The minimum atomic E-state index is -4.47. The summed E-state index contributed by atoms with van der Waals surface area (Å²) in [5.74, 6) is -0.567. The summed E-state index contributed by atoms with van der Waals surface area (Å²) in [6.07, 6.45) is 0.0640. The molecular weight excluding hydrogens is 398 g/mol. The van der Waals surface area contributed by atoms with Crippen molar-refractivity contribution in [2.24, 2.45) is 0 Å². The highest BCUT2D eigenvalue weighted by Crippen LogP contribution is 2.32. The van der Waals surface area contributed by atoms with E-state index in [9.17, 15) is 22.4 Å². The van der Waals surface area contributed by atoms with Gasteiger partial charge in [0.1, 0.15) is 11.6 Å². The molecule has 0 saturated heterocycles. The molecule has 4 nitrogen and oxygen atoms in total. The molecule has 156 valence electrons. The predicted molar refractivity (Wildman–Crippen MR) is 104 cm³/mol. The molecule has 2 aromatic carbocycles. The zero-order valence-electron chi connectivity index (χ0n) is 15.9. The molecule has 8 heteroatoms. The van der Waals surface area contributed by atoms with Gasteiger partial charge < -0.3 is 9.47 Å². The second-order valence-corrected chi connectivity index (χ2v) is 6.61. The summed E-state index contributed by atoms with van der Waals surface area (Å²) >= 11 is 0. The lowest BCUT2D eigenvalue weighted by atomic mass is 10.1. The number of rotatable bonds is 7. The van der Waals surface area contributed by atoms with Gasteiger partial charge in [-0.2, -0.15) is 13.2 Å². The molecule has 1 heterocycles. The number of carbonyl (C=O) groups is 1. The molecule has 3 rings (SSSR count). The van der Waals surface area contributed by atoms with Gasteiger partial charge in [0.25, 0.3) is 5.91 Å². The third kappa shape index (κ3) is 4.94. The fraction of sp³-hybridized carbons (Fsp3) is 0.182. The Morgan fingerprint density at radius 2 is 1.93 bits per heavy atom. The van der Waals surface area contributed by atoms with Gasteiger partial charge in [-0.25, -0.2) is 9.37 Å². The number of nitrogens with zero attached hydrogens (tertiary/aromatic N) is 3. The van der Waals surface area contributed by atoms with Gasteiger partial charge in [0, 0.05) is 31.0 Å². The molecule has 0 spiro atoms. The Kier molecular flexibility index (Phi) is 6.34. The van der Waals surface area contributed by atoms with Crippen LogP contribution in [0.25, 0.3) is 0 Å². The molecule has 1 aromatic heterocycles. The zero-order chi connectivity index (χ0) is 21.7. The van der Waals surface area contributed by atoms with Crippen molar-refractivity contribution >= 4 is 5.91 Å². The number of alkyl halides is 3. The summed E-state index contributed by atoms with van der Waals surface area (Å²) in [4.78, 5) is 18.4. The Labute approximate surface area is 171 Å². The summed E-state index contributed by atoms with van der Waals surface area (Å²) < 4.78 is 54.9. The van der Waals surface area contributed by atoms with Crippen LogP contribution in [-0.2, 0) is 19.3 Å². The van der Waals surface area contributed by atoms with Crippen molar-refractivity contribution in [3.05, 3.63) is 102 Å². The summed E-state index contributed by atoms with van der Waals surface area (Å²) in [5, 5.41) is 0. The Hall–Kier alpha value is -3.42. The molecule has 0 N–H and O–H groups in total. The smallest absolute Gasteiger partial charge is 0.329 e. The van der Waals surface area contributed by atoms with Gasteiger partial charge in [0.2, 0.25) is 0 Å². The molecule has 30 heavy (non-hydrogen) atoms. The van der Waals surface area contributed by atoms with Gasteiger partial charge in [-0.05, 0) is 29.8 Å². The molecule has 0 radical (unpaired) electrons. The van der Waals surface area contributed by atoms with Crippen LogP contribution in [0.15, 0.2) is 73.6 Å². The lowest BCUT2D eigenvalue weighted by molar-refractivity contribution is -0.138. The van der Waals surface area contributed by atoms with Crippen LogP contribution in [0.4, 0.5) is 17.6 Å². The lowest BCUT2D eigenvalue weighted by Crippen LogP contribution is -2.32. The number of benzene rings is 2. The fourth-order valence-corrected chi connectivity index (χ4v) is 3.10. The van der Waals surface area contributed by atoms with Crippen molar-refractivity contribution < 1.29 is 22.4 Å². The molecular formula is C22H19F4N3O. The molecule has 1 amide bonds. The maximum absolute atomic E-state index is 13.5. The van der Waals surface area contributed by atoms with Gasteiger partial charge in [-0.1, -0.05) is 30.3 Å². The standard InChI is InChI=1S/C22H19F4N3O/c1-2-11-29(21(30)16-7-5-8-18(23)13-16)15-20-27-10-12-28(20)14-17-6-3-4-9-19(17)22(24,25)26/h2-10,12-13H,1,11,14-15H2. The van der Waals surface area contributed by atoms with Crippen LogP contribution in [0.1, 0.15) is 27.3 Å². The number of hydrogen-bond donors (Lipinski definition) is 0. The van der Waals surface area contributed by atoms with Crippen LogP contribution < -0.4 is 0 Å². The number of halogens is 4. The van der Waals surface area contributed by atoms with Gasteiger partial charge >= 0.3 is 6.18 Å². The third-order valence-corrected chi connectivity index (χ3v) is 4.51. The summed E-state index contributed by atoms with van der Waals surface area (Å²) in [5.41, 5.74) is -0.461. The first kappa shape index (κ1) is 21.3. The van der Waals surface area contributed by atoms with E-state index in [0.717, 1.165) is 12.1 Å². The van der Waals surface area contributed by atoms with Gasteiger partial charge in [0.05, 0.1) is 12.1 Å². The molecule has 0 bridgehead atoms. The number of imidazole rings is 1. The minimum Gasteiger partial charge on any atom is -0.329 e. The van der Waals surface area contributed by atoms with Crippen LogP contribution in [0.2, 0.25) is 0 Å². The van der Waals surface area contributed by atoms with E-state index < -0.39 is 23.5 Å². The highest BCUT2D eigenvalue weighted by molar-refractivity contribution is 5.94. The molecule has 0 aliphatic heterocycles. The molecule has 0 aliphatic rings. The number of hydrogen-bond acceptors (Lipinski definition) is 2. The number of carbonyl (C=O) groups excluding carboxylic acids is 1. The van der Waals surface area contributed by atoms with Crippen molar-refractivity contribution in [1.29, 1.82) is 0 Å². The maximum Gasteiger partial charge on any atom is 0.416 e. The van der Waals surface area contributed by atoms with E-state index in [0.29, 0.717) is 5.82 Å². The van der Waals surface area contributed by atoms with E-state index in [1.807, 2.05) is 0 Å². The van der Waals surface area contributed by atoms with E-state index in [1.165, 1.54) is 47.5 Å². The normalized spacial score (nSPS) is 11.3. The van der Waals surface area contributed by atoms with E-state index >= 15 is 0 Å². The summed E-state index contributed by atoms with van der Waals surface area (Å²) in [6.45, 7) is 3.78. The molecule has 0 aliphatic carbocycles. The highest BCUT2D eigenvalue weighted by Gasteiger charge is 2.33. The topological polar surface area (TPSA) is 38.1 Å². The van der Waals surface area contributed by atoms with Crippen LogP contribution >= 0.6 is 0 Å². The van der Waals surface area contributed by atoms with Crippen LogP contribution in [0.5, 0.6) is 0 Å². The van der Waals surface area contributed by atoms with Crippen molar-refractivity contribution in [3.8, 4) is 0 Å². The van der Waals surface area contributed by atoms with Crippen molar-refractivity contribution in [2.75, 3.05) is 6.54 Å². The van der Waals surface area contributed by atoms with Crippen molar-refractivity contribution in [1.82, 2.24) is 14.5 Å². The maximum atomic E-state index is 13.5. The Balaban J connectivity index is 1.85. The molecule has 3 aromatic rings. The third-order valence-electron chi connectivity index (χ3n) is 4.51. The van der Waals surface area contributed by atoms with Crippen LogP contribution in [0, 0.1) is 5.82 Å². The zero-order valence-corrected chi connectivity index (χ0v) is 15.9. The first-order chi connectivity index (χ1) is 14.3. The van der Waals surface area contributed by atoms with E-state index in [-0.39, 0.29) is 30.8 Å². The highest BCUT2D eigenvalue weighted by atomic mass is 19.4. The first-order valence-electron chi connectivity index (χ1n) is 9.10. The predicted octanol–water partition coefficient (Wildman–Crippen LogP) is 4.92. The molecule has 0 unspecified atom stereocenters. The number of amides is 1. The van der Waals surface area contributed by atoms with E-state index in [4.69, 9.17) is 0 Å². The first-order valence-corrected chi connectivity index (χ1v) is 9.10. The quantitative estimate of drug-likeness (QED) is 0.404. The monoisotopic (exact) mass is 417 g/mol. The van der Waals surface area contributed by atoms with Crippen LogP contribution in [0.3, 0.4) is 0 Å². The molecule has 0 saturated carbocycles. The lowest BCUT2D eigenvalue weighted by Gasteiger charge is -2.22. The van der Waals surface area contributed by atoms with Crippen molar-refractivity contribution in [3.63, 3.8) is 0 Å². The average molecular weight is 417 g/mol. The van der Waals surface area contributed by atoms with Crippen molar-refractivity contribution in [2.45, 2.75) is 19.3 Å². The fourth-order valence-electron chi connectivity index (χ4n) is 3.10. The Morgan fingerprint density at radius 1 is 1.17 bits per heavy atom. The van der Waals surface area contributed by atoms with Gasteiger partial charge in [-0.3, -0.25) is 4.79 Å². The minimum absolute atomic E-state index is 0.0303. The SMILES string of the molecule is C=CCN(Cc1nccn1Cc1ccccc1C(F)(F)F)C(=O)c1cccc(F)c1. The molecule has 0 atom stereocenters. The number of aromatic nitrogens is 2. The second kappa shape index (κ2) is 8.94. The molecule has 0 fully saturated rings. The average Bonchev–Trinajstić information content (AvgIpc) is 3.13. The Morgan fingerprint density at radius 3 is 2.63 bits per heavy atom.